The molecule has 2 rings (SSSR count). The van der Waals surface area contributed by atoms with Crippen LogP contribution in [0.25, 0.3) is 10.9 Å². The summed E-state index contributed by atoms with van der Waals surface area (Å²) < 4.78 is 0. The fourth-order valence-corrected chi connectivity index (χ4v) is 1.91. The Kier molecular flexibility index (Phi) is 2.33. The van der Waals surface area contributed by atoms with Crippen molar-refractivity contribution in [1.82, 2.24) is 4.98 Å². The maximum Gasteiger partial charge on any atom is 0.0918 e. The van der Waals surface area contributed by atoms with Crippen molar-refractivity contribution in [3.8, 4) is 0 Å². The molecule has 0 radical (unpaired) electrons. The van der Waals surface area contributed by atoms with Gasteiger partial charge >= 0.3 is 0 Å². The van der Waals surface area contributed by atoms with E-state index in [1.807, 2.05) is 0 Å². The molecule has 13 heavy (non-hydrogen) atoms. The Balaban J connectivity index is 3.00. The first kappa shape index (κ1) is 9.07. The number of benzene rings is 1. The van der Waals surface area contributed by atoms with E-state index in [2.05, 4.69) is 4.98 Å². The van der Waals surface area contributed by atoms with Crippen molar-refractivity contribution in [1.29, 1.82) is 0 Å². The normalized spacial score (nSPS) is 10.7. The highest BCUT2D eigenvalue weighted by atomic mass is 35.5. The van der Waals surface area contributed by atoms with Gasteiger partial charge in [0.15, 0.2) is 0 Å². The molecule has 1 nitrogen and oxygen atoms in total. The Bertz CT molecular complexity index is 459. The first-order valence-electron chi connectivity index (χ1n) is 3.58. The van der Waals surface area contributed by atoms with Crippen LogP contribution in [-0.2, 0) is 0 Å². The van der Waals surface area contributed by atoms with Crippen LogP contribution in [-0.4, -0.2) is 4.98 Å². The van der Waals surface area contributed by atoms with E-state index in [4.69, 9.17) is 34.8 Å². The first-order valence-corrected chi connectivity index (χ1v) is 4.72. The summed E-state index contributed by atoms with van der Waals surface area (Å²) in [7, 11) is 0. The number of rotatable bonds is 0. The van der Waals surface area contributed by atoms with Crippen LogP contribution in [0.3, 0.4) is 0 Å². The van der Waals surface area contributed by atoms with Gasteiger partial charge < -0.3 is 0 Å². The molecule has 1 aromatic heterocycles. The average molecular weight is 232 g/mol. The van der Waals surface area contributed by atoms with Gasteiger partial charge in [-0.2, -0.15) is 0 Å². The van der Waals surface area contributed by atoms with Gasteiger partial charge in [0.05, 0.1) is 20.6 Å². The van der Waals surface area contributed by atoms with Gasteiger partial charge in [-0.3, -0.25) is 4.98 Å². The molecule has 0 aliphatic carbocycles. The predicted molar refractivity (Wildman–Crippen MR) is 56.8 cm³/mol. The van der Waals surface area contributed by atoms with Crippen LogP contribution in [0.2, 0.25) is 15.1 Å². The average Bonchev–Trinajstić information content (AvgIpc) is 2.12. The molecule has 0 amide bonds. The van der Waals surface area contributed by atoms with Gasteiger partial charge in [-0.25, -0.2) is 0 Å². The predicted octanol–water partition coefficient (Wildman–Crippen LogP) is 4.20. The van der Waals surface area contributed by atoms with E-state index in [9.17, 15) is 0 Å². The van der Waals surface area contributed by atoms with Crippen molar-refractivity contribution in [2.24, 2.45) is 0 Å². The van der Waals surface area contributed by atoms with Gasteiger partial charge in [0.25, 0.3) is 0 Å². The molecule has 0 saturated heterocycles. The smallest absolute Gasteiger partial charge is 0.0918 e. The highest BCUT2D eigenvalue weighted by Gasteiger charge is 2.07. The van der Waals surface area contributed by atoms with Crippen molar-refractivity contribution in [2.75, 3.05) is 0 Å². The van der Waals surface area contributed by atoms with E-state index >= 15 is 0 Å². The van der Waals surface area contributed by atoms with Gasteiger partial charge in [-0.1, -0.05) is 34.8 Å². The Morgan fingerprint density at radius 1 is 0.846 bits per heavy atom. The van der Waals surface area contributed by atoms with Crippen molar-refractivity contribution in [3.05, 3.63) is 39.5 Å². The second-order valence-corrected chi connectivity index (χ2v) is 3.77. The van der Waals surface area contributed by atoms with Crippen LogP contribution in [0.5, 0.6) is 0 Å². The molecule has 1 aromatic carbocycles. The lowest BCUT2D eigenvalue weighted by Gasteiger charge is -2.02. The third kappa shape index (κ3) is 1.48. The number of hydrogen-bond donors (Lipinski definition) is 0. The molecule has 66 valence electrons. The molecule has 0 saturated carbocycles. The zero-order valence-electron chi connectivity index (χ0n) is 6.39. The SMILES string of the molecule is Clc1ccc(Cl)c2c(Cl)ccnc12. The van der Waals surface area contributed by atoms with Gasteiger partial charge in [-0.15, -0.1) is 0 Å². The van der Waals surface area contributed by atoms with E-state index in [1.165, 1.54) is 0 Å². The molecule has 0 unspecified atom stereocenters. The maximum atomic E-state index is 5.95. The minimum atomic E-state index is 0.557. The van der Waals surface area contributed by atoms with Crippen LogP contribution >= 0.6 is 34.8 Å². The molecule has 0 aliphatic rings. The molecule has 4 heteroatoms. The van der Waals surface area contributed by atoms with E-state index in [0.29, 0.717) is 26.0 Å². The minimum absolute atomic E-state index is 0.557. The van der Waals surface area contributed by atoms with Crippen molar-refractivity contribution in [2.45, 2.75) is 0 Å². The van der Waals surface area contributed by atoms with E-state index in [0.717, 1.165) is 0 Å². The van der Waals surface area contributed by atoms with Crippen LogP contribution in [0.1, 0.15) is 0 Å². The maximum absolute atomic E-state index is 5.95. The van der Waals surface area contributed by atoms with Crippen LogP contribution in [0.4, 0.5) is 0 Å². The minimum Gasteiger partial charge on any atom is -0.255 e. The lowest BCUT2D eigenvalue weighted by Crippen LogP contribution is -1.81. The summed E-state index contributed by atoms with van der Waals surface area (Å²) in [4.78, 5) is 4.10. The molecule has 1 heterocycles. The van der Waals surface area contributed by atoms with Crippen LogP contribution in [0.15, 0.2) is 24.4 Å². The highest BCUT2D eigenvalue weighted by molar-refractivity contribution is 6.44. The lowest BCUT2D eigenvalue weighted by atomic mass is 10.2. The molecular formula is C9H4Cl3N. The van der Waals surface area contributed by atoms with Gasteiger partial charge in [0.2, 0.25) is 0 Å². The summed E-state index contributed by atoms with van der Waals surface area (Å²) >= 11 is 17.8. The van der Waals surface area contributed by atoms with E-state index < -0.39 is 0 Å². The first-order chi connectivity index (χ1) is 6.20. The second-order valence-electron chi connectivity index (χ2n) is 2.55. The number of halogens is 3. The summed E-state index contributed by atoms with van der Waals surface area (Å²) in [5.74, 6) is 0. The van der Waals surface area contributed by atoms with Crippen molar-refractivity contribution >= 4 is 45.7 Å². The number of nitrogens with zero attached hydrogens (tertiary/aromatic N) is 1. The summed E-state index contributed by atoms with van der Waals surface area (Å²) in [5, 5.41) is 2.40. The zero-order chi connectivity index (χ0) is 9.42. The van der Waals surface area contributed by atoms with Gasteiger partial charge in [-0.05, 0) is 18.2 Å². The van der Waals surface area contributed by atoms with E-state index in [1.54, 1.807) is 24.4 Å². The van der Waals surface area contributed by atoms with Crippen molar-refractivity contribution in [3.63, 3.8) is 0 Å². The quantitative estimate of drug-likeness (QED) is 0.663. The summed E-state index contributed by atoms with van der Waals surface area (Å²) in [6, 6.07) is 5.10. The molecule has 0 fully saturated rings. The summed E-state index contributed by atoms with van der Waals surface area (Å²) in [6.07, 6.45) is 1.60. The molecule has 0 atom stereocenters. The molecule has 0 bridgehead atoms. The Labute approximate surface area is 90.2 Å². The number of fused-ring (bicyclic) bond motifs is 1. The molecule has 0 aliphatic heterocycles. The molecule has 0 N–H and O–H groups in total. The fourth-order valence-electron chi connectivity index (χ4n) is 1.16. The molecule has 2 aromatic rings. The van der Waals surface area contributed by atoms with E-state index in [-0.39, 0.29) is 0 Å². The van der Waals surface area contributed by atoms with Crippen molar-refractivity contribution < 1.29 is 0 Å². The van der Waals surface area contributed by atoms with Crippen LogP contribution < -0.4 is 0 Å². The fraction of sp³-hybridized carbons (Fsp3) is 0. The van der Waals surface area contributed by atoms with Crippen LogP contribution in [0, 0.1) is 0 Å². The Morgan fingerprint density at radius 2 is 1.46 bits per heavy atom. The summed E-state index contributed by atoms with van der Waals surface area (Å²) in [5.41, 5.74) is 0.640. The largest absolute Gasteiger partial charge is 0.255 e. The lowest BCUT2D eigenvalue weighted by molar-refractivity contribution is 1.41. The topological polar surface area (TPSA) is 12.9 Å². The Morgan fingerprint density at radius 3 is 2.15 bits per heavy atom. The molecule has 0 spiro atoms. The highest BCUT2D eigenvalue weighted by Crippen LogP contribution is 2.32. The number of aromatic nitrogens is 1. The third-order valence-electron chi connectivity index (χ3n) is 1.74. The molecular weight excluding hydrogens is 228 g/mol. The zero-order valence-corrected chi connectivity index (χ0v) is 8.66. The number of pyridine rings is 1. The van der Waals surface area contributed by atoms with Gasteiger partial charge in [0.1, 0.15) is 0 Å². The second kappa shape index (κ2) is 3.33. The summed E-state index contributed by atoms with van der Waals surface area (Å²) in [6.45, 7) is 0. The Hall–Kier alpha value is -0.500. The van der Waals surface area contributed by atoms with Gasteiger partial charge in [0, 0.05) is 11.6 Å². The standard InChI is InChI=1S/C9H4Cl3N/c10-5-1-2-7(12)9-8(5)6(11)3-4-13-9/h1-4H. The third-order valence-corrected chi connectivity index (χ3v) is 2.68. The number of hydrogen-bond acceptors (Lipinski definition) is 1. The monoisotopic (exact) mass is 231 g/mol.